The highest BCUT2D eigenvalue weighted by Gasteiger charge is 2.38. The molecule has 0 atom stereocenters. The van der Waals surface area contributed by atoms with Crippen molar-refractivity contribution in [1.29, 1.82) is 0 Å². The van der Waals surface area contributed by atoms with Gasteiger partial charge in [-0.2, -0.15) is 0 Å². The third-order valence-corrected chi connectivity index (χ3v) is 3.87. The lowest BCUT2D eigenvalue weighted by Crippen LogP contribution is -2.50. The Morgan fingerprint density at radius 1 is 1.18 bits per heavy atom. The SMILES string of the molecule is Cc1ccc(C(=O)NC2(c3ncccn3)CCOCC2)cn1. The molecule has 1 N–H and O–H groups in total. The van der Waals surface area contributed by atoms with Crippen LogP contribution in [0.15, 0.2) is 36.8 Å². The summed E-state index contributed by atoms with van der Waals surface area (Å²) in [6.07, 6.45) is 6.28. The van der Waals surface area contributed by atoms with Crippen molar-refractivity contribution in [3.63, 3.8) is 0 Å². The molecule has 6 nitrogen and oxygen atoms in total. The molecular weight excluding hydrogens is 280 g/mol. The zero-order valence-corrected chi connectivity index (χ0v) is 12.5. The minimum absolute atomic E-state index is 0.165. The highest BCUT2D eigenvalue weighted by molar-refractivity contribution is 5.94. The summed E-state index contributed by atoms with van der Waals surface area (Å²) >= 11 is 0. The van der Waals surface area contributed by atoms with Gasteiger partial charge in [-0.3, -0.25) is 9.78 Å². The zero-order chi connectivity index (χ0) is 15.4. The molecule has 0 radical (unpaired) electrons. The van der Waals surface area contributed by atoms with Gasteiger partial charge in [-0.15, -0.1) is 0 Å². The summed E-state index contributed by atoms with van der Waals surface area (Å²) in [4.78, 5) is 25.4. The lowest BCUT2D eigenvalue weighted by atomic mass is 9.88. The molecule has 0 saturated carbocycles. The molecule has 3 heterocycles. The normalized spacial score (nSPS) is 17.0. The summed E-state index contributed by atoms with van der Waals surface area (Å²) in [5.74, 6) is 0.466. The first kappa shape index (κ1) is 14.6. The van der Waals surface area contributed by atoms with E-state index in [9.17, 15) is 4.79 Å². The maximum Gasteiger partial charge on any atom is 0.253 e. The van der Waals surface area contributed by atoms with E-state index >= 15 is 0 Å². The van der Waals surface area contributed by atoms with E-state index in [4.69, 9.17) is 4.74 Å². The number of aryl methyl sites for hydroxylation is 1. The second kappa shape index (κ2) is 6.19. The van der Waals surface area contributed by atoms with Crippen LogP contribution >= 0.6 is 0 Å². The van der Waals surface area contributed by atoms with Gasteiger partial charge in [-0.1, -0.05) is 0 Å². The first-order valence-corrected chi connectivity index (χ1v) is 7.30. The molecule has 1 aliphatic heterocycles. The maximum absolute atomic E-state index is 12.6. The highest BCUT2D eigenvalue weighted by atomic mass is 16.5. The molecule has 0 aromatic carbocycles. The van der Waals surface area contributed by atoms with Crippen molar-refractivity contribution in [2.24, 2.45) is 0 Å². The van der Waals surface area contributed by atoms with Gasteiger partial charge >= 0.3 is 0 Å². The molecule has 114 valence electrons. The predicted octanol–water partition coefficient (Wildman–Crippen LogP) is 1.62. The molecule has 0 bridgehead atoms. The van der Waals surface area contributed by atoms with E-state index in [1.165, 1.54) is 0 Å². The summed E-state index contributed by atoms with van der Waals surface area (Å²) in [5, 5.41) is 3.10. The van der Waals surface area contributed by atoms with Crippen molar-refractivity contribution < 1.29 is 9.53 Å². The van der Waals surface area contributed by atoms with Crippen molar-refractivity contribution in [2.45, 2.75) is 25.3 Å². The van der Waals surface area contributed by atoms with Crippen LogP contribution in [0.25, 0.3) is 0 Å². The van der Waals surface area contributed by atoms with Crippen LogP contribution in [0.5, 0.6) is 0 Å². The highest BCUT2D eigenvalue weighted by Crippen LogP contribution is 2.29. The maximum atomic E-state index is 12.6. The lowest BCUT2D eigenvalue weighted by Gasteiger charge is -2.36. The number of ether oxygens (including phenoxy) is 1. The van der Waals surface area contributed by atoms with E-state index in [0.29, 0.717) is 37.4 Å². The van der Waals surface area contributed by atoms with E-state index in [2.05, 4.69) is 20.3 Å². The monoisotopic (exact) mass is 298 g/mol. The Morgan fingerprint density at radius 3 is 2.55 bits per heavy atom. The minimum Gasteiger partial charge on any atom is -0.381 e. The fourth-order valence-corrected chi connectivity index (χ4v) is 2.56. The quantitative estimate of drug-likeness (QED) is 0.931. The van der Waals surface area contributed by atoms with Crippen LogP contribution in [-0.4, -0.2) is 34.1 Å². The van der Waals surface area contributed by atoms with Gasteiger partial charge in [0.25, 0.3) is 5.91 Å². The first-order chi connectivity index (χ1) is 10.7. The summed E-state index contributed by atoms with van der Waals surface area (Å²) < 4.78 is 5.43. The molecule has 1 amide bonds. The molecule has 2 aromatic heterocycles. The van der Waals surface area contributed by atoms with Gasteiger partial charge in [0, 0.05) is 50.3 Å². The van der Waals surface area contributed by atoms with Crippen LogP contribution in [-0.2, 0) is 10.3 Å². The number of nitrogens with zero attached hydrogens (tertiary/aromatic N) is 3. The van der Waals surface area contributed by atoms with Crippen LogP contribution in [0, 0.1) is 6.92 Å². The molecule has 1 saturated heterocycles. The third-order valence-electron chi connectivity index (χ3n) is 3.87. The fraction of sp³-hybridized carbons (Fsp3) is 0.375. The number of hydrogen-bond acceptors (Lipinski definition) is 5. The van der Waals surface area contributed by atoms with Crippen LogP contribution in [0.2, 0.25) is 0 Å². The standard InChI is InChI=1S/C16H18N4O2/c1-12-3-4-13(11-19-12)14(21)20-16(5-9-22-10-6-16)15-17-7-2-8-18-15/h2-4,7-8,11H,5-6,9-10H2,1H3,(H,20,21). The second-order valence-electron chi connectivity index (χ2n) is 5.41. The Balaban J connectivity index is 1.87. The first-order valence-electron chi connectivity index (χ1n) is 7.30. The number of aromatic nitrogens is 3. The molecule has 22 heavy (non-hydrogen) atoms. The zero-order valence-electron chi connectivity index (χ0n) is 12.5. The minimum atomic E-state index is -0.582. The van der Waals surface area contributed by atoms with Crippen LogP contribution in [0.4, 0.5) is 0 Å². The summed E-state index contributed by atoms with van der Waals surface area (Å²) in [7, 11) is 0. The van der Waals surface area contributed by atoms with Gasteiger partial charge in [0.15, 0.2) is 5.82 Å². The van der Waals surface area contributed by atoms with Crippen molar-refractivity contribution >= 4 is 5.91 Å². The summed E-state index contributed by atoms with van der Waals surface area (Å²) in [6.45, 7) is 3.04. The molecule has 0 spiro atoms. The van der Waals surface area contributed by atoms with E-state index < -0.39 is 5.54 Å². The third kappa shape index (κ3) is 2.96. The molecule has 2 aromatic rings. The van der Waals surface area contributed by atoms with Crippen LogP contribution in [0.3, 0.4) is 0 Å². The second-order valence-corrected chi connectivity index (χ2v) is 5.41. The van der Waals surface area contributed by atoms with Crippen molar-refractivity contribution in [3.05, 3.63) is 53.9 Å². The van der Waals surface area contributed by atoms with Crippen molar-refractivity contribution in [3.8, 4) is 0 Å². The predicted molar refractivity (Wildman–Crippen MR) is 80.2 cm³/mol. The van der Waals surface area contributed by atoms with E-state index in [-0.39, 0.29) is 5.91 Å². The van der Waals surface area contributed by atoms with Gasteiger partial charge in [-0.25, -0.2) is 9.97 Å². The largest absolute Gasteiger partial charge is 0.381 e. The Hall–Kier alpha value is -2.34. The Kier molecular flexibility index (Phi) is 4.11. The Bertz CT molecular complexity index is 637. The Morgan fingerprint density at radius 2 is 1.91 bits per heavy atom. The van der Waals surface area contributed by atoms with Crippen molar-refractivity contribution in [1.82, 2.24) is 20.3 Å². The van der Waals surface area contributed by atoms with Gasteiger partial charge in [0.1, 0.15) is 5.54 Å². The topological polar surface area (TPSA) is 77.0 Å². The lowest BCUT2D eigenvalue weighted by molar-refractivity contribution is 0.0313. The average Bonchev–Trinajstić information content (AvgIpc) is 2.57. The molecule has 3 rings (SSSR count). The van der Waals surface area contributed by atoms with E-state index in [0.717, 1.165) is 5.69 Å². The number of carbonyl (C=O) groups excluding carboxylic acids is 1. The number of amides is 1. The van der Waals surface area contributed by atoms with Crippen LogP contribution < -0.4 is 5.32 Å². The van der Waals surface area contributed by atoms with E-state index in [1.807, 2.05) is 13.0 Å². The van der Waals surface area contributed by atoms with Gasteiger partial charge in [-0.05, 0) is 25.1 Å². The Labute approximate surface area is 129 Å². The number of nitrogens with one attached hydrogen (secondary N) is 1. The summed E-state index contributed by atoms with van der Waals surface area (Å²) in [5.41, 5.74) is 0.831. The number of carbonyl (C=O) groups is 1. The molecule has 0 aliphatic carbocycles. The molecular formula is C16H18N4O2. The number of pyridine rings is 1. The molecule has 6 heteroatoms. The molecule has 0 unspecified atom stereocenters. The smallest absolute Gasteiger partial charge is 0.253 e. The number of hydrogen-bond donors (Lipinski definition) is 1. The van der Waals surface area contributed by atoms with E-state index in [1.54, 1.807) is 30.7 Å². The van der Waals surface area contributed by atoms with Gasteiger partial charge in [0.05, 0.1) is 5.56 Å². The average molecular weight is 298 g/mol. The molecule has 1 aliphatic rings. The number of rotatable bonds is 3. The van der Waals surface area contributed by atoms with Crippen molar-refractivity contribution in [2.75, 3.05) is 13.2 Å². The summed E-state index contributed by atoms with van der Waals surface area (Å²) in [6, 6.07) is 5.36. The fourth-order valence-electron chi connectivity index (χ4n) is 2.56. The van der Waals surface area contributed by atoms with Gasteiger partial charge < -0.3 is 10.1 Å². The van der Waals surface area contributed by atoms with Gasteiger partial charge in [0.2, 0.25) is 0 Å². The molecule has 1 fully saturated rings. The van der Waals surface area contributed by atoms with Crippen LogP contribution in [0.1, 0.15) is 34.7 Å².